The molecular formula is C16H22N8O8. The molecule has 0 radical (unpaired) electrons. The Morgan fingerprint density at radius 1 is 0.719 bits per heavy atom. The Hall–Kier alpha value is -3.66. The lowest BCUT2D eigenvalue weighted by atomic mass is 10.1. The number of nitrogens with two attached hydrogens (primary N) is 2. The van der Waals surface area contributed by atoms with E-state index >= 15 is 0 Å². The molecule has 0 bridgehead atoms. The predicted octanol–water partition coefficient (Wildman–Crippen LogP) is -3.77. The van der Waals surface area contributed by atoms with E-state index in [9.17, 15) is 39.0 Å². The third kappa shape index (κ3) is 3.23. The molecule has 0 aliphatic carbocycles. The van der Waals surface area contributed by atoms with E-state index in [4.69, 9.17) is 11.5 Å². The lowest BCUT2D eigenvalue weighted by Gasteiger charge is -2.44. The molecule has 16 nitrogen and oxygen atoms in total. The number of nitrogens with zero attached hydrogens (tertiary/aromatic N) is 6. The number of aliphatic carboxylic acids is 2. The van der Waals surface area contributed by atoms with Gasteiger partial charge in [-0.2, -0.15) is 0 Å². The van der Waals surface area contributed by atoms with Crippen molar-refractivity contribution in [1.29, 1.82) is 0 Å². The van der Waals surface area contributed by atoms with Crippen LogP contribution in [0.5, 0.6) is 0 Å². The van der Waals surface area contributed by atoms with E-state index in [0.29, 0.717) is 0 Å². The average Bonchev–Trinajstić information content (AvgIpc) is 3.15. The summed E-state index contributed by atoms with van der Waals surface area (Å²) in [4.78, 5) is 80.1. The molecule has 0 aromatic rings. The zero-order chi connectivity index (χ0) is 23.5. The summed E-state index contributed by atoms with van der Waals surface area (Å²) in [5.41, 5.74) is 10.3. The summed E-state index contributed by atoms with van der Waals surface area (Å²) in [5.74, 6) is -4.32. The number of hydrogen-bond acceptors (Lipinski definition) is 8. The Morgan fingerprint density at radius 2 is 1.00 bits per heavy atom. The minimum atomic E-state index is -1.33. The molecule has 4 aliphatic rings. The number of amides is 6. The van der Waals surface area contributed by atoms with Crippen LogP contribution in [0.1, 0.15) is 12.8 Å². The second-order valence-corrected chi connectivity index (χ2v) is 8.06. The van der Waals surface area contributed by atoms with Crippen LogP contribution in [0.25, 0.3) is 0 Å². The Bertz CT molecular complexity index is 808. The normalized spacial score (nSPS) is 26.9. The van der Waals surface area contributed by atoms with Crippen LogP contribution >= 0.6 is 0 Å². The van der Waals surface area contributed by atoms with E-state index in [1.165, 1.54) is 29.4 Å². The first-order valence-electron chi connectivity index (χ1n) is 9.66. The van der Waals surface area contributed by atoms with E-state index in [1.807, 2.05) is 0 Å². The van der Waals surface area contributed by atoms with E-state index in [2.05, 4.69) is 0 Å². The fourth-order valence-electron chi connectivity index (χ4n) is 4.73. The van der Waals surface area contributed by atoms with Crippen LogP contribution in [0.4, 0.5) is 9.59 Å². The summed E-state index contributed by atoms with van der Waals surface area (Å²) in [6.07, 6.45) is -2.39. The SMILES string of the molecule is NC(=O)CC(C(=O)O)N1CN2C(=O)N3CN(C(CC(N)=O)C(=O)O)CN4C(=O)N(C1)C2C34. The zero-order valence-electron chi connectivity index (χ0n) is 16.7. The van der Waals surface area contributed by atoms with E-state index in [1.54, 1.807) is 0 Å². The highest BCUT2D eigenvalue weighted by Gasteiger charge is 2.64. The topological polar surface area (TPSA) is 214 Å². The highest BCUT2D eigenvalue weighted by molar-refractivity contribution is 5.87. The Balaban J connectivity index is 1.62. The standard InChI is InChI=1S/C16H22N8O8/c17-9(25)1-7(13(27)28)19-3-21-11-12-23(15(21)31)5-20(8(14(29)30)2-10(18)26)6-24(12)16(32)22(11)4-19/h7-8,11-12H,1-6H2,(H2,17,25)(H2,18,26)(H,27,28)(H,29,30). The molecule has 174 valence electrons. The molecule has 4 fully saturated rings. The van der Waals surface area contributed by atoms with Crippen molar-refractivity contribution in [3.05, 3.63) is 0 Å². The number of primary amides is 2. The monoisotopic (exact) mass is 454 g/mol. The molecule has 32 heavy (non-hydrogen) atoms. The summed E-state index contributed by atoms with van der Waals surface area (Å²) in [6, 6.07) is -3.74. The number of carbonyl (C=O) groups excluding carboxylic acids is 4. The molecule has 0 saturated carbocycles. The van der Waals surface area contributed by atoms with Gasteiger partial charge in [0.15, 0.2) is 12.3 Å². The van der Waals surface area contributed by atoms with Crippen molar-refractivity contribution in [3.8, 4) is 0 Å². The van der Waals surface area contributed by atoms with E-state index in [0.717, 1.165) is 0 Å². The maximum Gasteiger partial charge on any atom is 0.325 e. The van der Waals surface area contributed by atoms with Crippen LogP contribution < -0.4 is 11.5 Å². The van der Waals surface area contributed by atoms with Gasteiger partial charge in [-0.05, 0) is 0 Å². The van der Waals surface area contributed by atoms with Gasteiger partial charge in [-0.15, -0.1) is 0 Å². The molecule has 4 saturated heterocycles. The minimum absolute atomic E-state index is 0.165. The Morgan fingerprint density at radius 3 is 1.22 bits per heavy atom. The van der Waals surface area contributed by atoms with Crippen molar-refractivity contribution >= 4 is 35.8 Å². The quantitative estimate of drug-likeness (QED) is 0.281. The lowest BCUT2D eigenvalue weighted by Crippen LogP contribution is -2.64. The second-order valence-electron chi connectivity index (χ2n) is 8.06. The van der Waals surface area contributed by atoms with E-state index in [-0.39, 0.29) is 26.7 Å². The molecule has 4 heterocycles. The first-order valence-corrected chi connectivity index (χ1v) is 9.66. The summed E-state index contributed by atoms with van der Waals surface area (Å²) in [6.45, 7) is -0.659. The van der Waals surface area contributed by atoms with Crippen LogP contribution in [0.3, 0.4) is 0 Å². The molecule has 0 aromatic heterocycles. The smallest absolute Gasteiger partial charge is 0.325 e. The summed E-state index contributed by atoms with van der Waals surface area (Å²) in [5, 5.41) is 19.0. The van der Waals surface area contributed by atoms with Gasteiger partial charge in [-0.1, -0.05) is 0 Å². The van der Waals surface area contributed by atoms with Crippen LogP contribution in [0.15, 0.2) is 0 Å². The molecular weight excluding hydrogens is 432 g/mol. The molecule has 0 spiro atoms. The third-order valence-corrected chi connectivity index (χ3v) is 6.10. The summed E-state index contributed by atoms with van der Waals surface area (Å²) >= 11 is 0. The van der Waals surface area contributed by atoms with Gasteiger partial charge < -0.3 is 21.7 Å². The largest absolute Gasteiger partial charge is 0.480 e. The van der Waals surface area contributed by atoms with Crippen molar-refractivity contribution in [2.45, 2.75) is 37.3 Å². The number of carboxylic acid groups (broad SMARTS) is 2. The first-order chi connectivity index (χ1) is 15.0. The van der Waals surface area contributed by atoms with Gasteiger partial charge in [0.1, 0.15) is 12.1 Å². The van der Waals surface area contributed by atoms with Gasteiger partial charge in [-0.25, -0.2) is 9.59 Å². The molecule has 4 aliphatic heterocycles. The molecule has 6 N–H and O–H groups in total. The van der Waals surface area contributed by atoms with Crippen molar-refractivity contribution in [1.82, 2.24) is 29.4 Å². The number of hydrogen-bond donors (Lipinski definition) is 4. The lowest BCUT2D eigenvalue weighted by molar-refractivity contribution is -0.151. The molecule has 2 unspecified atom stereocenters. The molecule has 16 heteroatoms. The number of rotatable bonds is 8. The van der Waals surface area contributed by atoms with Gasteiger partial charge in [0.05, 0.1) is 39.5 Å². The highest BCUT2D eigenvalue weighted by Crippen LogP contribution is 2.40. The Kier molecular flexibility index (Phi) is 5.04. The first kappa shape index (κ1) is 21.6. The van der Waals surface area contributed by atoms with Crippen molar-refractivity contribution in [2.24, 2.45) is 11.5 Å². The summed E-state index contributed by atoms with van der Waals surface area (Å²) in [7, 11) is 0. The summed E-state index contributed by atoms with van der Waals surface area (Å²) < 4.78 is 0. The van der Waals surface area contributed by atoms with Crippen LogP contribution in [0.2, 0.25) is 0 Å². The molecule has 6 amide bonds. The second kappa shape index (κ2) is 7.49. The zero-order valence-corrected chi connectivity index (χ0v) is 16.7. The molecule has 2 atom stereocenters. The van der Waals surface area contributed by atoms with Gasteiger partial charge >= 0.3 is 24.0 Å². The fraction of sp³-hybridized carbons (Fsp3) is 0.625. The minimum Gasteiger partial charge on any atom is -0.480 e. The average molecular weight is 454 g/mol. The Labute approximate surface area is 180 Å². The number of urea groups is 2. The number of carbonyl (C=O) groups is 6. The number of carboxylic acids is 2. The van der Waals surface area contributed by atoms with Gasteiger partial charge in [0.2, 0.25) is 11.8 Å². The maximum absolute atomic E-state index is 13.1. The highest BCUT2D eigenvalue weighted by atomic mass is 16.4. The van der Waals surface area contributed by atoms with E-state index < -0.39 is 73.1 Å². The fourth-order valence-corrected chi connectivity index (χ4v) is 4.73. The van der Waals surface area contributed by atoms with Crippen molar-refractivity contribution in [3.63, 3.8) is 0 Å². The van der Waals surface area contributed by atoms with Gasteiger partial charge in [-0.3, -0.25) is 48.6 Å². The predicted molar refractivity (Wildman–Crippen MR) is 99.3 cm³/mol. The maximum atomic E-state index is 13.1. The molecule has 4 rings (SSSR count). The third-order valence-electron chi connectivity index (χ3n) is 6.10. The van der Waals surface area contributed by atoms with Crippen LogP contribution in [-0.2, 0) is 19.2 Å². The van der Waals surface area contributed by atoms with Crippen LogP contribution in [0, 0.1) is 0 Å². The molecule has 0 aromatic carbocycles. The van der Waals surface area contributed by atoms with Gasteiger partial charge in [0.25, 0.3) is 0 Å². The van der Waals surface area contributed by atoms with Gasteiger partial charge in [0, 0.05) is 0 Å². The van der Waals surface area contributed by atoms with Crippen molar-refractivity contribution in [2.75, 3.05) is 26.7 Å². The van der Waals surface area contributed by atoms with Crippen molar-refractivity contribution < 1.29 is 39.0 Å². The van der Waals surface area contributed by atoms with Crippen LogP contribution in [-0.4, -0.2) is 127 Å².